The molecule has 0 amide bonds. The zero-order valence-electron chi connectivity index (χ0n) is 14.5. The summed E-state index contributed by atoms with van der Waals surface area (Å²) in [6, 6.07) is 1.98. The molecule has 0 unspecified atom stereocenters. The Morgan fingerprint density at radius 1 is 1.30 bits per heavy atom. The van der Waals surface area contributed by atoms with Gasteiger partial charge in [-0.15, -0.1) is 0 Å². The van der Waals surface area contributed by atoms with Gasteiger partial charge in [0.1, 0.15) is 5.78 Å². The van der Waals surface area contributed by atoms with Crippen molar-refractivity contribution in [2.24, 2.45) is 22.7 Å². The summed E-state index contributed by atoms with van der Waals surface area (Å²) in [6.45, 7) is 8.46. The van der Waals surface area contributed by atoms with Crippen LogP contribution >= 0.6 is 0 Å². The van der Waals surface area contributed by atoms with E-state index in [1.54, 1.807) is 18.6 Å². The van der Waals surface area contributed by atoms with Gasteiger partial charge in [-0.3, -0.25) is 9.59 Å². The van der Waals surface area contributed by atoms with Crippen molar-refractivity contribution in [2.75, 3.05) is 0 Å². The van der Waals surface area contributed by atoms with Crippen LogP contribution in [0.2, 0.25) is 0 Å². The molecule has 3 nitrogen and oxygen atoms in total. The predicted octanol–water partition coefficient (Wildman–Crippen LogP) is 4.37. The molecule has 2 aliphatic carbocycles. The van der Waals surface area contributed by atoms with E-state index in [9.17, 15) is 9.59 Å². The molecule has 124 valence electrons. The van der Waals surface area contributed by atoms with E-state index >= 15 is 0 Å². The van der Waals surface area contributed by atoms with Gasteiger partial charge in [-0.25, -0.2) is 0 Å². The summed E-state index contributed by atoms with van der Waals surface area (Å²) in [6.07, 6.45) is 8.14. The first-order chi connectivity index (χ1) is 10.8. The number of rotatable bonds is 3. The first-order valence-electron chi connectivity index (χ1n) is 8.53. The van der Waals surface area contributed by atoms with Crippen molar-refractivity contribution in [1.82, 2.24) is 0 Å². The molecule has 0 radical (unpaired) electrons. The van der Waals surface area contributed by atoms with Crippen molar-refractivity contribution in [3.63, 3.8) is 0 Å². The first kappa shape index (κ1) is 16.2. The minimum Gasteiger partial charge on any atom is -0.472 e. The van der Waals surface area contributed by atoms with E-state index in [1.165, 1.54) is 0 Å². The van der Waals surface area contributed by atoms with Crippen LogP contribution in [-0.4, -0.2) is 11.6 Å². The normalized spacial score (nSPS) is 37.5. The highest BCUT2D eigenvalue weighted by Gasteiger charge is 2.57. The molecule has 0 bridgehead atoms. The van der Waals surface area contributed by atoms with E-state index in [1.807, 2.05) is 13.0 Å². The third-order valence-electron chi connectivity index (χ3n) is 6.79. The molecule has 4 atom stereocenters. The van der Waals surface area contributed by atoms with Crippen molar-refractivity contribution in [1.29, 1.82) is 0 Å². The largest absolute Gasteiger partial charge is 0.472 e. The molecule has 0 aliphatic heterocycles. The number of allylic oxidation sites excluding steroid dienone is 2. The predicted molar refractivity (Wildman–Crippen MR) is 88.9 cm³/mol. The summed E-state index contributed by atoms with van der Waals surface area (Å²) in [5.74, 6) is 0.764. The molecule has 2 aliphatic rings. The Balaban J connectivity index is 1.96. The summed E-state index contributed by atoms with van der Waals surface area (Å²) in [5, 5.41) is 0. The van der Waals surface area contributed by atoms with Gasteiger partial charge in [0.05, 0.1) is 12.5 Å². The lowest BCUT2D eigenvalue weighted by atomic mass is 9.46. The first-order valence-corrected chi connectivity index (χ1v) is 8.53. The van der Waals surface area contributed by atoms with Gasteiger partial charge in [0.2, 0.25) is 0 Å². The molecule has 1 saturated carbocycles. The fraction of sp³-hybridized carbons (Fsp3) is 0.600. The number of carbonyl (C=O) groups excluding carboxylic acids is 2. The van der Waals surface area contributed by atoms with E-state index in [-0.39, 0.29) is 28.4 Å². The van der Waals surface area contributed by atoms with Crippen molar-refractivity contribution < 1.29 is 14.0 Å². The SMILES string of the molecule is CC1=CC(=O)C[C@@H]2[C@@](C)(CCc3ccoc3)[C@H](C)C(=O)C[C@@]12C. The minimum absolute atomic E-state index is 0.00817. The Hall–Kier alpha value is -1.64. The number of Topliss-reactive ketones (excluding diaryl/α,β-unsaturated/α-hetero) is 1. The third-order valence-corrected chi connectivity index (χ3v) is 6.79. The zero-order valence-corrected chi connectivity index (χ0v) is 14.5. The van der Waals surface area contributed by atoms with Crippen LogP contribution in [-0.2, 0) is 16.0 Å². The Kier molecular flexibility index (Phi) is 3.86. The van der Waals surface area contributed by atoms with Crippen LogP contribution in [0.4, 0.5) is 0 Å². The van der Waals surface area contributed by atoms with Crippen LogP contribution in [0.25, 0.3) is 0 Å². The fourth-order valence-corrected chi connectivity index (χ4v) is 4.81. The highest BCUT2D eigenvalue weighted by atomic mass is 16.3. The molecule has 1 aromatic heterocycles. The average molecular weight is 314 g/mol. The molecule has 1 aromatic rings. The van der Waals surface area contributed by atoms with Gasteiger partial charge in [-0.2, -0.15) is 0 Å². The maximum absolute atomic E-state index is 12.7. The van der Waals surface area contributed by atoms with Gasteiger partial charge >= 0.3 is 0 Å². The maximum Gasteiger partial charge on any atom is 0.155 e. The van der Waals surface area contributed by atoms with Gasteiger partial charge in [0.25, 0.3) is 0 Å². The summed E-state index contributed by atoms with van der Waals surface area (Å²) < 4.78 is 5.17. The van der Waals surface area contributed by atoms with E-state index in [0.29, 0.717) is 18.6 Å². The van der Waals surface area contributed by atoms with Crippen LogP contribution in [0.5, 0.6) is 0 Å². The third kappa shape index (κ3) is 2.50. The van der Waals surface area contributed by atoms with Gasteiger partial charge in [-0.1, -0.05) is 26.3 Å². The van der Waals surface area contributed by atoms with E-state index < -0.39 is 0 Å². The summed E-state index contributed by atoms with van der Waals surface area (Å²) >= 11 is 0. The Morgan fingerprint density at radius 2 is 2.04 bits per heavy atom. The van der Waals surface area contributed by atoms with Gasteiger partial charge in [0.15, 0.2) is 5.78 Å². The number of hydrogen-bond donors (Lipinski definition) is 0. The number of furan rings is 1. The smallest absolute Gasteiger partial charge is 0.155 e. The highest BCUT2D eigenvalue weighted by molar-refractivity contribution is 5.93. The Morgan fingerprint density at radius 3 is 2.70 bits per heavy atom. The van der Waals surface area contributed by atoms with Crippen LogP contribution in [0.1, 0.15) is 52.5 Å². The van der Waals surface area contributed by atoms with Crippen molar-refractivity contribution in [3.05, 3.63) is 35.8 Å². The van der Waals surface area contributed by atoms with E-state index in [0.717, 1.165) is 24.0 Å². The number of carbonyl (C=O) groups is 2. The lowest BCUT2D eigenvalue weighted by Gasteiger charge is -2.56. The molecule has 3 rings (SSSR count). The van der Waals surface area contributed by atoms with Crippen molar-refractivity contribution in [3.8, 4) is 0 Å². The van der Waals surface area contributed by atoms with E-state index in [4.69, 9.17) is 4.42 Å². The molecule has 3 heteroatoms. The van der Waals surface area contributed by atoms with Crippen LogP contribution < -0.4 is 0 Å². The van der Waals surface area contributed by atoms with Gasteiger partial charge in [0, 0.05) is 18.8 Å². The van der Waals surface area contributed by atoms with Gasteiger partial charge in [-0.05, 0) is 54.2 Å². The highest BCUT2D eigenvalue weighted by Crippen LogP contribution is 2.60. The molecule has 23 heavy (non-hydrogen) atoms. The number of fused-ring (bicyclic) bond motifs is 1. The molecular formula is C20H26O3. The van der Waals surface area contributed by atoms with E-state index in [2.05, 4.69) is 20.8 Å². The van der Waals surface area contributed by atoms with Crippen LogP contribution in [0.15, 0.2) is 34.7 Å². The topological polar surface area (TPSA) is 47.3 Å². The molecular weight excluding hydrogens is 288 g/mol. The van der Waals surface area contributed by atoms with Crippen molar-refractivity contribution >= 4 is 11.6 Å². The van der Waals surface area contributed by atoms with Crippen LogP contribution in [0, 0.1) is 22.7 Å². The second kappa shape index (κ2) is 5.47. The second-order valence-corrected chi connectivity index (χ2v) is 7.97. The molecule has 0 aromatic carbocycles. The number of aryl methyl sites for hydroxylation is 1. The summed E-state index contributed by atoms with van der Waals surface area (Å²) in [7, 11) is 0. The average Bonchev–Trinajstić information content (AvgIpc) is 3.00. The number of hydrogen-bond acceptors (Lipinski definition) is 3. The minimum atomic E-state index is -0.178. The molecule has 0 N–H and O–H groups in total. The van der Waals surface area contributed by atoms with Crippen LogP contribution in [0.3, 0.4) is 0 Å². The second-order valence-electron chi connectivity index (χ2n) is 7.97. The Labute approximate surface area is 138 Å². The standard InChI is InChI=1S/C20H26O3/c1-13-9-16(21)10-18-19(3,7-5-15-6-8-23-12-15)14(2)17(22)11-20(13,18)4/h6,8-9,12,14,18H,5,7,10-11H2,1-4H3/t14-,18-,19+,20+/m1/s1. The lowest BCUT2D eigenvalue weighted by Crippen LogP contribution is -2.54. The van der Waals surface area contributed by atoms with Crippen molar-refractivity contribution in [2.45, 2.75) is 53.4 Å². The molecule has 0 spiro atoms. The van der Waals surface area contributed by atoms with Gasteiger partial charge < -0.3 is 4.42 Å². The number of ketones is 2. The maximum atomic E-state index is 12.7. The quantitative estimate of drug-likeness (QED) is 0.832. The summed E-state index contributed by atoms with van der Waals surface area (Å²) in [5.41, 5.74) is 1.90. The zero-order chi connectivity index (χ0) is 16.8. The Bertz CT molecular complexity index is 654. The summed E-state index contributed by atoms with van der Waals surface area (Å²) in [4.78, 5) is 24.9. The monoisotopic (exact) mass is 314 g/mol. The molecule has 0 saturated heterocycles. The fourth-order valence-electron chi connectivity index (χ4n) is 4.81. The lowest BCUT2D eigenvalue weighted by molar-refractivity contribution is -0.145. The molecule has 1 fully saturated rings. The molecule has 1 heterocycles.